The van der Waals surface area contributed by atoms with Gasteiger partial charge in [0.2, 0.25) is 0 Å². The van der Waals surface area contributed by atoms with Crippen LogP contribution in [0.3, 0.4) is 0 Å². The average molecular weight is 327 g/mol. The molecule has 0 radical (unpaired) electrons. The maximum Gasteiger partial charge on any atom is 0.179 e. The van der Waals surface area contributed by atoms with Gasteiger partial charge in [0.15, 0.2) is 11.4 Å². The number of pyridine rings is 1. The molecule has 1 aromatic carbocycles. The molecule has 2 heterocycles. The van der Waals surface area contributed by atoms with Gasteiger partial charge in [-0.2, -0.15) is 0 Å². The Labute approximate surface area is 141 Å². The van der Waals surface area contributed by atoms with Gasteiger partial charge in [0.25, 0.3) is 0 Å². The van der Waals surface area contributed by atoms with Crippen LogP contribution < -0.4 is 10.1 Å². The van der Waals surface area contributed by atoms with Crippen molar-refractivity contribution >= 4 is 5.65 Å². The van der Waals surface area contributed by atoms with E-state index in [0.717, 1.165) is 35.6 Å². The number of ether oxygens (including phenoxy) is 1. The van der Waals surface area contributed by atoms with Crippen molar-refractivity contribution in [1.29, 1.82) is 0 Å². The summed E-state index contributed by atoms with van der Waals surface area (Å²) in [7, 11) is 0. The van der Waals surface area contributed by atoms with Gasteiger partial charge in [0, 0.05) is 24.9 Å². The summed E-state index contributed by atoms with van der Waals surface area (Å²) in [5.41, 5.74) is 2.76. The molecular formula is C19H22FN3O. The van der Waals surface area contributed by atoms with Crippen LogP contribution >= 0.6 is 0 Å². The lowest BCUT2D eigenvalue weighted by molar-refractivity contribution is 0.308. The Morgan fingerprint density at radius 3 is 2.79 bits per heavy atom. The smallest absolute Gasteiger partial charge is 0.179 e. The quantitative estimate of drug-likeness (QED) is 0.721. The van der Waals surface area contributed by atoms with Gasteiger partial charge < -0.3 is 14.5 Å². The highest BCUT2D eigenvalue weighted by Crippen LogP contribution is 2.21. The molecule has 0 amide bonds. The van der Waals surface area contributed by atoms with E-state index < -0.39 is 0 Å². The van der Waals surface area contributed by atoms with E-state index in [1.807, 2.05) is 28.9 Å². The normalized spacial score (nSPS) is 12.5. The molecule has 0 saturated heterocycles. The molecule has 0 spiro atoms. The summed E-state index contributed by atoms with van der Waals surface area (Å²) in [5, 5.41) is 3.39. The molecule has 1 unspecified atom stereocenters. The van der Waals surface area contributed by atoms with E-state index in [2.05, 4.69) is 19.2 Å². The average Bonchev–Trinajstić information content (AvgIpc) is 2.97. The standard InChI is InChI=1S/C19H22FN3O/c1-3-21-14(2)11-17-12-23-10-4-5-18(19(23)22-17)24-13-15-6-8-16(20)9-7-15/h4-10,12,14,21H,3,11,13H2,1-2H3. The van der Waals surface area contributed by atoms with Gasteiger partial charge in [-0.3, -0.25) is 0 Å². The Morgan fingerprint density at radius 1 is 1.25 bits per heavy atom. The van der Waals surface area contributed by atoms with Gasteiger partial charge in [-0.15, -0.1) is 0 Å². The van der Waals surface area contributed by atoms with E-state index >= 15 is 0 Å². The van der Waals surface area contributed by atoms with Gasteiger partial charge >= 0.3 is 0 Å². The topological polar surface area (TPSA) is 38.6 Å². The number of nitrogens with one attached hydrogen (secondary N) is 1. The maximum absolute atomic E-state index is 13.0. The van der Waals surface area contributed by atoms with Crippen molar-refractivity contribution in [1.82, 2.24) is 14.7 Å². The molecule has 4 nitrogen and oxygen atoms in total. The molecule has 0 aliphatic rings. The van der Waals surface area contributed by atoms with E-state index in [1.54, 1.807) is 12.1 Å². The van der Waals surface area contributed by atoms with Gasteiger partial charge in [-0.25, -0.2) is 9.37 Å². The molecule has 1 N–H and O–H groups in total. The summed E-state index contributed by atoms with van der Waals surface area (Å²) in [6.45, 7) is 5.58. The zero-order valence-corrected chi connectivity index (χ0v) is 14.0. The second kappa shape index (κ2) is 7.45. The minimum atomic E-state index is -0.242. The number of likely N-dealkylation sites (N-methyl/N-ethyl adjacent to an activating group) is 1. The molecule has 3 aromatic rings. The highest BCUT2D eigenvalue weighted by molar-refractivity contribution is 5.54. The Hall–Kier alpha value is -2.40. The molecule has 0 bridgehead atoms. The summed E-state index contributed by atoms with van der Waals surface area (Å²) < 4.78 is 20.8. The largest absolute Gasteiger partial charge is 0.485 e. The number of hydrogen-bond acceptors (Lipinski definition) is 3. The molecule has 0 saturated carbocycles. The molecule has 0 aliphatic heterocycles. The fraction of sp³-hybridized carbons (Fsp3) is 0.316. The van der Waals surface area contributed by atoms with Crippen LogP contribution in [0.1, 0.15) is 25.1 Å². The highest BCUT2D eigenvalue weighted by Gasteiger charge is 2.10. The van der Waals surface area contributed by atoms with Crippen LogP contribution in [-0.2, 0) is 13.0 Å². The minimum absolute atomic E-state index is 0.242. The molecule has 3 rings (SSSR count). The minimum Gasteiger partial charge on any atom is -0.485 e. The lowest BCUT2D eigenvalue weighted by Gasteiger charge is -2.09. The predicted octanol–water partition coefficient (Wildman–Crippen LogP) is 3.59. The van der Waals surface area contributed by atoms with Crippen LogP contribution in [-0.4, -0.2) is 22.0 Å². The fourth-order valence-electron chi connectivity index (χ4n) is 2.73. The number of nitrogens with zero attached hydrogens (tertiary/aromatic N) is 2. The monoisotopic (exact) mass is 327 g/mol. The predicted molar refractivity (Wildman–Crippen MR) is 92.8 cm³/mol. The van der Waals surface area contributed by atoms with Gasteiger partial charge in [-0.1, -0.05) is 19.1 Å². The van der Waals surface area contributed by atoms with Crippen molar-refractivity contribution in [2.75, 3.05) is 6.54 Å². The number of hydrogen-bond donors (Lipinski definition) is 1. The molecular weight excluding hydrogens is 305 g/mol. The summed E-state index contributed by atoms with van der Waals surface area (Å²) >= 11 is 0. The van der Waals surface area contributed by atoms with E-state index in [-0.39, 0.29) is 5.82 Å². The van der Waals surface area contributed by atoms with Gasteiger partial charge in [-0.05, 0) is 43.3 Å². The van der Waals surface area contributed by atoms with Crippen LogP contribution in [0.2, 0.25) is 0 Å². The highest BCUT2D eigenvalue weighted by atomic mass is 19.1. The Kier molecular flexibility index (Phi) is 5.11. The first-order valence-corrected chi connectivity index (χ1v) is 8.23. The number of rotatable bonds is 7. The first kappa shape index (κ1) is 16.5. The second-order valence-corrected chi connectivity index (χ2v) is 5.91. The maximum atomic E-state index is 13.0. The zero-order chi connectivity index (χ0) is 16.9. The molecule has 1 atom stereocenters. The first-order chi connectivity index (χ1) is 11.7. The van der Waals surface area contributed by atoms with Crippen LogP contribution in [0.25, 0.3) is 5.65 Å². The molecule has 126 valence electrons. The van der Waals surface area contributed by atoms with E-state index in [1.165, 1.54) is 12.1 Å². The fourth-order valence-corrected chi connectivity index (χ4v) is 2.73. The van der Waals surface area contributed by atoms with Gasteiger partial charge in [0.1, 0.15) is 12.4 Å². The molecule has 5 heteroatoms. The third-order valence-electron chi connectivity index (χ3n) is 3.87. The summed E-state index contributed by atoms with van der Waals surface area (Å²) in [4.78, 5) is 4.70. The Morgan fingerprint density at radius 2 is 2.04 bits per heavy atom. The van der Waals surface area contributed by atoms with Crippen LogP contribution in [0, 0.1) is 5.82 Å². The number of aromatic nitrogens is 2. The van der Waals surface area contributed by atoms with Crippen LogP contribution in [0.5, 0.6) is 5.75 Å². The summed E-state index contributed by atoms with van der Waals surface area (Å²) in [5.74, 6) is 0.484. The summed E-state index contributed by atoms with van der Waals surface area (Å²) in [6, 6.07) is 10.6. The third-order valence-corrected chi connectivity index (χ3v) is 3.87. The Balaban J connectivity index is 1.75. The van der Waals surface area contributed by atoms with Gasteiger partial charge in [0.05, 0.1) is 5.69 Å². The van der Waals surface area contributed by atoms with E-state index in [0.29, 0.717) is 12.6 Å². The van der Waals surface area contributed by atoms with Crippen molar-refractivity contribution in [2.45, 2.75) is 32.9 Å². The molecule has 2 aromatic heterocycles. The van der Waals surface area contributed by atoms with Crippen molar-refractivity contribution in [2.24, 2.45) is 0 Å². The van der Waals surface area contributed by atoms with Crippen LogP contribution in [0.4, 0.5) is 4.39 Å². The van der Waals surface area contributed by atoms with Crippen molar-refractivity contribution in [3.63, 3.8) is 0 Å². The number of benzene rings is 1. The van der Waals surface area contributed by atoms with Crippen molar-refractivity contribution < 1.29 is 9.13 Å². The zero-order valence-electron chi connectivity index (χ0n) is 14.0. The summed E-state index contributed by atoms with van der Waals surface area (Å²) in [6.07, 6.45) is 4.87. The molecule has 0 aliphatic carbocycles. The Bertz CT molecular complexity index is 798. The van der Waals surface area contributed by atoms with Crippen molar-refractivity contribution in [3.8, 4) is 5.75 Å². The lowest BCUT2D eigenvalue weighted by Crippen LogP contribution is -2.27. The second-order valence-electron chi connectivity index (χ2n) is 5.91. The SMILES string of the molecule is CCNC(C)Cc1cn2cccc(OCc3ccc(F)cc3)c2n1. The molecule has 24 heavy (non-hydrogen) atoms. The first-order valence-electron chi connectivity index (χ1n) is 8.23. The molecule has 0 fully saturated rings. The van der Waals surface area contributed by atoms with E-state index in [4.69, 9.17) is 9.72 Å². The number of halogens is 1. The number of imidazole rings is 1. The number of fused-ring (bicyclic) bond motifs is 1. The van der Waals surface area contributed by atoms with E-state index in [9.17, 15) is 4.39 Å². The third kappa shape index (κ3) is 3.92. The lowest BCUT2D eigenvalue weighted by atomic mass is 10.2. The van der Waals surface area contributed by atoms with Crippen LogP contribution in [0.15, 0.2) is 48.8 Å². The van der Waals surface area contributed by atoms with Crippen molar-refractivity contribution in [3.05, 3.63) is 65.9 Å².